The fourth-order valence-corrected chi connectivity index (χ4v) is 4.97. The molecule has 11 heteroatoms. The van der Waals surface area contributed by atoms with Gasteiger partial charge in [-0.15, -0.1) is 23.1 Å². The number of thiophene rings is 1. The largest absolute Gasteiger partial charge is 0.504 e. The summed E-state index contributed by atoms with van der Waals surface area (Å²) >= 11 is 2.65. The van der Waals surface area contributed by atoms with Gasteiger partial charge in [0.05, 0.1) is 12.8 Å². The first kappa shape index (κ1) is 20.2. The molecule has 2 amide bonds. The van der Waals surface area contributed by atoms with Crippen LogP contribution in [0, 0.1) is 0 Å². The summed E-state index contributed by atoms with van der Waals surface area (Å²) in [4.78, 5) is 24.7. The molecule has 3 rings (SSSR count). The molecule has 1 aromatic heterocycles. The number of nitrogens with one attached hydrogen (secondary N) is 1. The van der Waals surface area contributed by atoms with Crippen LogP contribution in [0.1, 0.15) is 5.56 Å². The van der Waals surface area contributed by atoms with Gasteiger partial charge in [-0.05, 0) is 23.8 Å². The minimum atomic E-state index is -1.50. The topological polar surface area (TPSA) is 105 Å². The minimum absolute atomic E-state index is 0.151. The number of rotatable bonds is 7. The standard InChI is InChI=1S/C17H16N2O6S3/c1-24-12-8-11(18-28(23)14-4-3-7-27-14)16(26-2)10(15(12)21)5-6-19-13(20)9-25-17(19)22/h3-8,18,21H,9H2,1-2H3/b6-5+. The van der Waals surface area contributed by atoms with E-state index in [9.17, 15) is 18.9 Å². The molecule has 1 fully saturated rings. The van der Waals surface area contributed by atoms with Crippen LogP contribution >= 0.6 is 23.1 Å². The van der Waals surface area contributed by atoms with Crippen LogP contribution in [0.25, 0.3) is 6.08 Å². The van der Waals surface area contributed by atoms with Gasteiger partial charge in [-0.25, -0.2) is 13.9 Å². The summed E-state index contributed by atoms with van der Waals surface area (Å²) in [6, 6.07) is 5.08. The van der Waals surface area contributed by atoms with Crippen LogP contribution in [0.15, 0.2) is 38.9 Å². The van der Waals surface area contributed by atoms with E-state index in [1.165, 1.54) is 42.5 Å². The van der Waals surface area contributed by atoms with Gasteiger partial charge < -0.3 is 14.6 Å². The lowest BCUT2D eigenvalue weighted by atomic mass is 10.1. The maximum absolute atomic E-state index is 12.6. The average Bonchev–Trinajstić information content (AvgIpc) is 3.32. The zero-order valence-electron chi connectivity index (χ0n) is 14.8. The highest BCUT2D eigenvalue weighted by atomic mass is 32.2. The first-order valence-electron chi connectivity index (χ1n) is 7.83. The molecule has 1 atom stereocenters. The number of methoxy groups -OCH3 is 1. The molecule has 1 aromatic carbocycles. The molecule has 2 heterocycles. The number of imide groups is 1. The number of phenols is 1. The zero-order valence-corrected chi connectivity index (χ0v) is 17.3. The Bertz CT molecular complexity index is 942. The molecule has 8 nitrogen and oxygen atoms in total. The van der Waals surface area contributed by atoms with Crippen molar-refractivity contribution in [3.05, 3.63) is 35.3 Å². The van der Waals surface area contributed by atoms with Crippen LogP contribution in [-0.2, 0) is 20.5 Å². The summed E-state index contributed by atoms with van der Waals surface area (Å²) in [5.74, 6) is -0.527. The highest BCUT2D eigenvalue weighted by molar-refractivity contribution is 7.99. The predicted octanol–water partition coefficient (Wildman–Crippen LogP) is 3.27. The van der Waals surface area contributed by atoms with E-state index in [2.05, 4.69) is 9.46 Å². The third-order valence-electron chi connectivity index (χ3n) is 3.73. The summed E-state index contributed by atoms with van der Waals surface area (Å²) in [5, 5.41) is 12.4. The third kappa shape index (κ3) is 4.01. The molecule has 1 unspecified atom stereocenters. The molecule has 0 radical (unpaired) electrons. The summed E-state index contributed by atoms with van der Waals surface area (Å²) in [7, 11) is -0.111. The Morgan fingerprint density at radius 3 is 2.82 bits per heavy atom. The minimum Gasteiger partial charge on any atom is -0.504 e. The lowest BCUT2D eigenvalue weighted by molar-refractivity contribution is -0.124. The molecule has 1 aliphatic heterocycles. The van der Waals surface area contributed by atoms with Crippen molar-refractivity contribution in [1.29, 1.82) is 0 Å². The first-order valence-corrected chi connectivity index (χ1v) is 11.1. The number of hydrogen-bond acceptors (Lipinski definition) is 8. The molecule has 0 spiro atoms. The maximum Gasteiger partial charge on any atom is 0.421 e. The molecule has 148 valence electrons. The Balaban J connectivity index is 2.01. The van der Waals surface area contributed by atoms with Gasteiger partial charge in [0, 0.05) is 22.7 Å². The predicted molar refractivity (Wildman–Crippen MR) is 108 cm³/mol. The number of anilines is 1. The smallest absolute Gasteiger partial charge is 0.421 e. The van der Waals surface area contributed by atoms with Crippen LogP contribution in [0.3, 0.4) is 0 Å². The van der Waals surface area contributed by atoms with Gasteiger partial charge in [0.15, 0.2) is 29.1 Å². The quantitative estimate of drug-likeness (QED) is 0.503. The van der Waals surface area contributed by atoms with E-state index in [1.807, 2.05) is 5.38 Å². The number of thioether (sulfide) groups is 1. The molecule has 2 N–H and O–H groups in total. The Morgan fingerprint density at radius 2 is 2.25 bits per heavy atom. The maximum atomic E-state index is 12.6. The van der Waals surface area contributed by atoms with Crippen LogP contribution in [0.5, 0.6) is 11.5 Å². The van der Waals surface area contributed by atoms with Crippen LogP contribution in [0.2, 0.25) is 0 Å². The zero-order chi connectivity index (χ0) is 20.3. The van der Waals surface area contributed by atoms with Crippen molar-refractivity contribution in [3.8, 4) is 11.5 Å². The van der Waals surface area contributed by atoms with Gasteiger partial charge in [-0.3, -0.25) is 9.52 Å². The second-order valence-electron chi connectivity index (χ2n) is 5.36. The summed E-state index contributed by atoms with van der Waals surface area (Å²) in [6.07, 6.45) is 3.64. The van der Waals surface area contributed by atoms with Crippen molar-refractivity contribution < 1.29 is 28.4 Å². The van der Waals surface area contributed by atoms with Crippen LogP contribution < -0.4 is 9.46 Å². The number of carbonyl (C=O) groups excluding carboxylic acids is 2. The number of aromatic hydroxyl groups is 1. The molecule has 0 bridgehead atoms. The lowest BCUT2D eigenvalue weighted by Crippen LogP contribution is -2.22. The van der Waals surface area contributed by atoms with Crippen molar-refractivity contribution in [2.75, 3.05) is 24.7 Å². The summed E-state index contributed by atoms with van der Waals surface area (Å²) in [6.45, 7) is -0.324. The van der Waals surface area contributed by atoms with E-state index < -0.39 is 23.0 Å². The fourth-order valence-electron chi connectivity index (χ4n) is 2.43. The van der Waals surface area contributed by atoms with Crippen molar-refractivity contribution in [2.24, 2.45) is 0 Å². The number of cyclic esters (lactones) is 1. The van der Waals surface area contributed by atoms with E-state index in [4.69, 9.17) is 4.74 Å². The SMILES string of the molecule is COc1cc(NS(=O)c2cccs2)c(SC)c(/C=C/N2C(=O)COC2=O)c1O. The molecular formula is C17H16N2O6S3. The monoisotopic (exact) mass is 440 g/mol. The van der Waals surface area contributed by atoms with Gasteiger partial charge >= 0.3 is 6.09 Å². The highest BCUT2D eigenvalue weighted by Crippen LogP contribution is 2.43. The summed E-state index contributed by atoms with van der Waals surface area (Å²) in [5.41, 5.74) is 0.786. The Morgan fingerprint density at radius 1 is 1.46 bits per heavy atom. The molecule has 28 heavy (non-hydrogen) atoms. The van der Waals surface area contributed by atoms with E-state index in [0.717, 1.165) is 4.90 Å². The van der Waals surface area contributed by atoms with E-state index in [1.54, 1.807) is 24.5 Å². The van der Waals surface area contributed by atoms with Gasteiger partial charge in [-0.2, -0.15) is 0 Å². The number of benzene rings is 1. The van der Waals surface area contributed by atoms with E-state index in [0.29, 0.717) is 20.4 Å². The molecule has 1 saturated heterocycles. The normalized spacial score (nSPS) is 15.1. The van der Waals surface area contributed by atoms with Crippen LogP contribution in [0.4, 0.5) is 10.5 Å². The Hall–Kier alpha value is -2.50. The Labute approximate surface area is 171 Å². The second-order valence-corrected chi connectivity index (χ2v) is 8.56. The van der Waals surface area contributed by atoms with Crippen LogP contribution in [-0.4, -0.2) is 46.2 Å². The number of carbonyl (C=O) groups is 2. The summed E-state index contributed by atoms with van der Waals surface area (Å²) < 4.78 is 26.0. The average molecular weight is 441 g/mol. The Kier molecular flexibility index (Phi) is 6.27. The van der Waals surface area contributed by atoms with Crippen molar-refractivity contribution in [1.82, 2.24) is 4.90 Å². The van der Waals surface area contributed by atoms with Gasteiger partial charge in [0.2, 0.25) is 0 Å². The highest BCUT2D eigenvalue weighted by Gasteiger charge is 2.29. The van der Waals surface area contributed by atoms with E-state index >= 15 is 0 Å². The molecule has 1 aliphatic rings. The number of nitrogens with zero attached hydrogens (tertiary/aromatic N) is 1. The van der Waals surface area contributed by atoms with Crippen molar-refractivity contribution in [2.45, 2.75) is 9.10 Å². The number of hydrogen-bond donors (Lipinski definition) is 2. The molecular weight excluding hydrogens is 424 g/mol. The molecule has 0 aliphatic carbocycles. The van der Waals surface area contributed by atoms with Gasteiger partial charge in [-0.1, -0.05) is 6.07 Å². The molecule has 2 aromatic rings. The lowest BCUT2D eigenvalue weighted by Gasteiger charge is -2.16. The number of ether oxygens (including phenoxy) is 2. The first-order chi connectivity index (χ1) is 13.5. The number of amides is 2. The fraction of sp³-hybridized carbons (Fsp3) is 0.176. The number of phenolic OH excluding ortho intramolecular Hbond substituents is 1. The third-order valence-corrected chi connectivity index (χ3v) is 6.89. The van der Waals surface area contributed by atoms with Crippen molar-refractivity contribution in [3.63, 3.8) is 0 Å². The van der Waals surface area contributed by atoms with Gasteiger partial charge in [0.25, 0.3) is 5.91 Å². The van der Waals surface area contributed by atoms with E-state index in [-0.39, 0.29) is 18.1 Å². The van der Waals surface area contributed by atoms with Crippen molar-refractivity contribution >= 4 is 57.8 Å². The molecule has 0 saturated carbocycles. The second kappa shape index (κ2) is 8.67. The van der Waals surface area contributed by atoms with Gasteiger partial charge in [0.1, 0.15) is 4.21 Å².